The van der Waals surface area contributed by atoms with Gasteiger partial charge >= 0.3 is 5.97 Å². The van der Waals surface area contributed by atoms with E-state index in [1.165, 1.54) is 24.1 Å². The summed E-state index contributed by atoms with van der Waals surface area (Å²) in [6.45, 7) is -0.124. The Kier molecular flexibility index (Phi) is 5.74. The third-order valence-corrected chi connectivity index (χ3v) is 4.04. The number of anilines is 1. The molecule has 2 rings (SSSR count). The van der Waals surface area contributed by atoms with Crippen LogP contribution in [-0.2, 0) is 19.1 Å². The molecule has 0 aliphatic carbocycles. The number of halogens is 2. The second-order valence-corrected chi connectivity index (χ2v) is 5.72. The fraction of sp³-hybridized carbons (Fsp3) is 0.400. The van der Waals surface area contributed by atoms with Crippen molar-refractivity contribution in [3.05, 3.63) is 29.0 Å². The summed E-state index contributed by atoms with van der Waals surface area (Å²) >= 11 is 5.61. The Bertz CT molecular complexity index is 669. The van der Waals surface area contributed by atoms with Crippen LogP contribution >= 0.6 is 11.6 Å². The number of nitrogens with zero attached hydrogens (tertiary/aromatic N) is 1. The zero-order valence-electron chi connectivity index (χ0n) is 12.8. The lowest BCUT2D eigenvalue weighted by atomic mass is 10.1. The Morgan fingerprint density at radius 3 is 2.83 bits per heavy atom. The molecule has 0 aromatic heterocycles. The molecule has 1 saturated heterocycles. The third-order valence-electron chi connectivity index (χ3n) is 3.73. The summed E-state index contributed by atoms with van der Waals surface area (Å²) in [7, 11) is 1.22. The number of carbonyl (C=O) groups is 3. The lowest BCUT2D eigenvalue weighted by Crippen LogP contribution is -2.41. The largest absolute Gasteiger partial charge is 0.479 e. The fourth-order valence-corrected chi connectivity index (χ4v) is 2.51. The van der Waals surface area contributed by atoms with Crippen LogP contribution in [0.5, 0.6) is 0 Å². The van der Waals surface area contributed by atoms with E-state index in [9.17, 15) is 18.8 Å². The lowest BCUT2D eigenvalue weighted by Gasteiger charge is -2.17. The van der Waals surface area contributed by atoms with Gasteiger partial charge in [-0.25, -0.2) is 9.18 Å². The molecule has 0 saturated carbocycles. The molecule has 7 nitrogen and oxygen atoms in total. The topological polar surface area (TPSA) is 95.9 Å². The second kappa shape index (κ2) is 7.59. The van der Waals surface area contributed by atoms with Gasteiger partial charge in [0.05, 0.1) is 17.5 Å². The van der Waals surface area contributed by atoms with E-state index in [1.54, 1.807) is 0 Å². The lowest BCUT2D eigenvalue weighted by molar-refractivity contribution is -0.148. The van der Waals surface area contributed by atoms with Crippen molar-refractivity contribution < 1.29 is 28.6 Å². The number of nitrogens with one attached hydrogen (secondary N) is 1. The Morgan fingerprint density at radius 1 is 1.54 bits per heavy atom. The van der Waals surface area contributed by atoms with Crippen molar-refractivity contribution in [1.82, 2.24) is 5.32 Å². The third kappa shape index (κ3) is 4.01. The van der Waals surface area contributed by atoms with E-state index in [0.717, 1.165) is 6.07 Å². The highest BCUT2D eigenvalue weighted by Gasteiger charge is 2.35. The molecular formula is C15H16ClFN2O5. The summed E-state index contributed by atoms with van der Waals surface area (Å²) in [4.78, 5) is 36.3. The Balaban J connectivity index is 1.99. The molecule has 24 heavy (non-hydrogen) atoms. The van der Waals surface area contributed by atoms with Gasteiger partial charge in [0.2, 0.25) is 11.8 Å². The van der Waals surface area contributed by atoms with E-state index < -0.39 is 29.7 Å². The average Bonchev–Trinajstić information content (AvgIpc) is 2.92. The van der Waals surface area contributed by atoms with Crippen molar-refractivity contribution >= 4 is 35.1 Å². The van der Waals surface area contributed by atoms with Crippen molar-refractivity contribution in [2.45, 2.75) is 12.5 Å². The summed E-state index contributed by atoms with van der Waals surface area (Å²) in [5.74, 6) is -3.28. The van der Waals surface area contributed by atoms with Crippen molar-refractivity contribution in [2.75, 3.05) is 25.1 Å². The number of ether oxygens (including phenoxy) is 1. The van der Waals surface area contributed by atoms with Crippen LogP contribution in [0.3, 0.4) is 0 Å². The summed E-state index contributed by atoms with van der Waals surface area (Å²) in [6, 6.07) is 3.96. The fourth-order valence-electron chi connectivity index (χ4n) is 2.39. The van der Waals surface area contributed by atoms with Crippen molar-refractivity contribution in [3.63, 3.8) is 0 Å². The molecule has 1 aromatic rings. The van der Waals surface area contributed by atoms with E-state index in [4.69, 9.17) is 21.4 Å². The van der Waals surface area contributed by atoms with E-state index in [1.807, 2.05) is 0 Å². The van der Waals surface area contributed by atoms with Gasteiger partial charge in [0.15, 0.2) is 6.10 Å². The van der Waals surface area contributed by atoms with Crippen LogP contribution < -0.4 is 10.2 Å². The Hall–Kier alpha value is -2.19. The molecule has 0 radical (unpaired) electrons. The van der Waals surface area contributed by atoms with Gasteiger partial charge in [-0.3, -0.25) is 9.59 Å². The first-order chi connectivity index (χ1) is 11.3. The van der Waals surface area contributed by atoms with Crippen LogP contribution in [-0.4, -0.2) is 49.2 Å². The Labute approximate surface area is 142 Å². The molecule has 2 amide bonds. The SMILES string of the molecule is COC(CNC(=O)C1CC(=O)N(c2ccc(Cl)c(F)c2)C1)C(=O)O. The smallest absolute Gasteiger partial charge is 0.334 e. The molecule has 9 heteroatoms. The quantitative estimate of drug-likeness (QED) is 0.792. The summed E-state index contributed by atoms with van der Waals surface area (Å²) < 4.78 is 18.2. The number of carboxylic acids is 1. The molecule has 1 fully saturated rings. The molecule has 0 bridgehead atoms. The summed E-state index contributed by atoms with van der Waals surface area (Å²) in [5.41, 5.74) is 0.317. The predicted octanol–water partition coefficient (Wildman–Crippen LogP) is 1.05. The number of methoxy groups -OCH3 is 1. The van der Waals surface area contributed by atoms with Gasteiger partial charge in [-0.15, -0.1) is 0 Å². The first-order valence-corrected chi connectivity index (χ1v) is 7.50. The standard InChI is InChI=1S/C15H16ClFN2O5/c1-24-12(15(22)23)6-18-14(21)8-4-13(20)19(7-8)9-2-3-10(16)11(17)5-9/h2-3,5,8,12H,4,6-7H2,1H3,(H,18,21)(H,22,23). The number of aliphatic carboxylic acids is 1. The number of hydrogen-bond acceptors (Lipinski definition) is 4. The first kappa shape index (κ1) is 18.2. The van der Waals surface area contributed by atoms with Crippen LogP contribution in [0.2, 0.25) is 5.02 Å². The molecule has 2 atom stereocenters. The van der Waals surface area contributed by atoms with Gasteiger partial charge in [0, 0.05) is 25.8 Å². The maximum Gasteiger partial charge on any atom is 0.334 e. The van der Waals surface area contributed by atoms with Gasteiger partial charge in [-0.1, -0.05) is 11.6 Å². The maximum absolute atomic E-state index is 13.5. The number of carbonyl (C=O) groups excluding carboxylic acids is 2. The van der Waals surface area contributed by atoms with Crippen molar-refractivity contribution in [2.24, 2.45) is 5.92 Å². The minimum absolute atomic E-state index is 0.0409. The minimum atomic E-state index is -1.20. The number of hydrogen-bond donors (Lipinski definition) is 2. The normalized spacial score (nSPS) is 18.5. The molecule has 2 N–H and O–H groups in total. The number of benzene rings is 1. The number of amides is 2. The Morgan fingerprint density at radius 2 is 2.25 bits per heavy atom. The van der Waals surface area contributed by atoms with Crippen LogP contribution in [0.1, 0.15) is 6.42 Å². The van der Waals surface area contributed by atoms with Crippen LogP contribution in [0.15, 0.2) is 18.2 Å². The molecular weight excluding hydrogens is 343 g/mol. The second-order valence-electron chi connectivity index (χ2n) is 5.31. The molecule has 1 aromatic carbocycles. The predicted molar refractivity (Wildman–Crippen MR) is 83.3 cm³/mol. The van der Waals surface area contributed by atoms with Gasteiger partial charge in [-0.2, -0.15) is 0 Å². The molecule has 1 heterocycles. The van der Waals surface area contributed by atoms with E-state index in [-0.39, 0.29) is 30.4 Å². The maximum atomic E-state index is 13.5. The molecule has 1 aliphatic rings. The number of rotatable bonds is 6. The van der Waals surface area contributed by atoms with Crippen LogP contribution in [0.4, 0.5) is 10.1 Å². The highest BCUT2D eigenvalue weighted by molar-refractivity contribution is 6.30. The zero-order valence-corrected chi connectivity index (χ0v) is 13.5. The minimum Gasteiger partial charge on any atom is -0.479 e. The van der Waals surface area contributed by atoms with Crippen LogP contribution in [0.25, 0.3) is 0 Å². The summed E-state index contributed by atoms with van der Waals surface area (Å²) in [6.07, 6.45) is -1.20. The van der Waals surface area contributed by atoms with Gasteiger partial charge < -0.3 is 20.1 Å². The molecule has 2 unspecified atom stereocenters. The van der Waals surface area contributed by atoms with Gasteiger partial charge in [0.1, 0.15) is 5.82 Å². The van der Waals surface area contributed by atoms with E-state index in [0.29, 0.717) is 5.69 Å². The van der Waals surface area contributed by atoms with Crippen molar-refractivity contribution in [3.8, 4) is 0 Å². The van der Waals surface area contributed by atoms with Crippen LogP contribution in [0, 0.1) is 11.7 Å². The first-order valence-electron chi connectivity index (χ1n) is 7.12. The highest BCUT2D eigenvalue weighted by Crippen LogP contribution is 2.28. The van der Waals surface area contributed by atoms with Gasteiger partial charge in [0.25, 0.3) is 0 Å². The monoisotopic (exact) mass is 358 g/mol. The van der Waals surface area contributed by atoms with Gasteiger partial charge in [-0.05, 0) is 18.2 Å². The number of carboxylic acid groups (broad SMARTS) is 1. The van der Waals surface area contributed by atoms with E-state index in [2.05, 4.69) is 5.32 Å². The molecule has 130 valence electrons. The van der Waals surface area contributed by atoms with Crippen molar-refractivity contribution in [1.29, 1.82) is 0 Å². The van der Waals surface area contributed by atoms with E-state index >= 15 is 0 Å². The molecule has 1 aliphatic heterocycles. The molecule has 0 spiro atoms. The highest BCUT2D eigenvalue weighted by atomic mass is 35.5. The average molecular weight is 359 g/mol. The zero-order chi connectivity index (χ0) is 17.9. The summed E-state index contributed by atoms with van der Waals surface area (Å²) in [5, 5.41) is 11.2.